The highest BCUT2D eigenvalue weighted by atomic mass is 19.2. The molecule has 1 saturated carbocycles. The summed E-state index contributed by atoms with van der Waals surface area (Å²) in [5, 5.41) is 2.97. The van der Waals surface area contributed by atoms with E-state index >= 15 is 0 Å². The molecule has 0 bridgehead atoms. The van der Waals surface area contributed by atoms with Crippen molar-refractivity contribution in [1.29, 1.82) is 0 Å². The number of rotatable bonds is 3. The molecule has 1 aromatic heterocycles. The smallest absolute Gasteiger partial charge is 0.159 e. The van der Waals surface area contributed by atoms with Gasteiger partial charge in [-0.2, -0.15) is 0 Å². The SMILES string of the molecule is CNc1cc(-c2ccc(F)c(F)c2)nc(C2CC2)n1. The van der Waals surface area contributed by atoms with Crippen molar-refractivity contribution in [2.45, 2.75) is 18.8 Å². The van der Waals surface area contributed by atoms with Crippen molar-refractivity contribution >= 4 is 5.82 Å². The summed E-state index contributed by atoms with van der Waals surface area (Å²) in [6.45, 7) is 0. The molecular formula is C14H13F2N3. The maximum absolute atomic E-state index is 13.3. The third-order valence-corrected chi connectivity index (χ3v) is 3.16. The van der Waals surface area contributed by atoms with E-state index in [0.29, 0.717) is 23.0 Å². The molecule has 0 amide bonds. The zero-order valence-electron chi connectivity index (χ0n) is 10.5. The lowest BCUT2D eigenvalue weighted by Crippen LogP contribution is -2.01. The average molecular weight is 261 g/mol. The molecule has 98 valence electrons. The van der Waals surface area contributed by atoms with E-state index in [-0.39, 0.29) is 0 Å². The van der Waals surface area contributed by atoms with E-state index in [0.717, 1.165) is 30.8 Å². The van der Waals surface area contributed by atoms with Crippen molar-refractivity contribution in [3.05, 3.63) is 41.7 Å². The minimum atomic E-state index is -0.866. The van der Waals surface area contributed by atoms with Gasteiger partial charge in [-0.15, -0.1) is 0 Å². The van der Waals surface area contributed by atoms with Gasteiger partial charge in [0.05, 0.1) is 5.69 Å². The van der Waals surface area contributed by atoms with Gasteiger partial charge in [-0.25, -0.2) is 18.7 Å². The molecule has 0 unspecified atom stereocenters. The van der Waals surface area contributed by atoms with Gasteiger partial charge in [-0.3, -0.25) is 0 Å². The molecule has 1 N–H and O–H groups in total. The van der Waals surface area contributed by atoms with Gasteiger partial charge >= 0.3 is 0 Å². The molecule has 0 atom stereocenters. The molecule has 3 rings (SSSR count). The third kappa shape index (κ3) is 2.41. The molecule has 1 aliphatic rings. The number of aromatic nitrogens is 2. The Hall–Kier alpha value is -2.04. The van der Waals surface area contributed by atoms with Gasteiger partial charge in [0.2, 0.25) is 0 Å². The molecule has 0 radical (unpaired) electrons. The highest BCUT2D eigenvalue weighted by molar-refractivity contribution is 5.62. The molecule has 0 saturated heterocycles. The lowest BCUT2D eigenvalue weighted by Gasteiger charge is -2.07. The lowest BCUT2D eigenvalue weighted by molar-refractivity contribution is 0.509. The number of hydrogen-bond acceptors (Lipinski definition) is 3. The van der Waals surface area contributed by atoms with Crippen LogP contribution in [0.15, 0.2) is 24.3 Å². The van der Waals surface area contributed by atoms with Crippen molar-refractivity contribution in [2.24, 2.45) is 0 Å². The highest BCUT2D eigenvalue weighted by Crippen LogP contribution is 2.39. The van der Waals surface area contributed by atoms with Crippen LogP contribution >= 0.6 is 0 Å². The third-order valence-electron chi connectivity index (χ3n) is 3.16. The maximum Gasteiger partial charge on any atom is 0.159 e. The molecule has 1 fully saturated rings. The summed E-state index contributed by atoms with van der Waals surface area (Å²) in [6, 6.07) is 5.53. The van der Waals surface area contributed by atoms with Gasteiger partial charge in [0.1, 0.15) is 11.6 Å². The molecule has 1 aromatic carbocycles. The van der Waals surface area contributed by atoms with Gasteiger partial charge in [0.25, 0.3) is 0 Å². The minimum absolute atomic E-state index is 0.400. The largest absolute Gasteiger partial charge is 0.373 e. The Kier molecular flexibility index (Phi) is 2.89. The predicted molar refractivity (Wildman–Crippen MR) is 68.9 cm³/mol. The molecule has 5 heteroatoms. The van der Waals surface area contributed by atoms with Crippen LogP contribution in [0.5, 0.6) is 0 Å². The Morgan fingerprint density at radius 2 is 1.89 bits per heavy atom. The summed E-state index contributed by atoms with van der Waals surface area (Å²) < 4.78 is 26.2. The Balaban J connectivity index is 2.07. The van der Waals surface area contributed by atoms with E-state index in [1.54, 1.807) is 13.1 Å². The summed E-state index contributed by atoms with van der Waals surface area (Å²) in [5.74, 6) is 0.143. The van der Waals surface area contributed by atoms with Gasteiger partial charge in [0.15, 0.2) is 11.6 Å². The van der Waals surface area contributed by atoms with E-state index < -0.39 is 11.6 Å². The van der Waals surface area contributed by atoms with Crippen LogP contribution in [-0.4, -0.2) is 17.0 Å². The van der Waals surface area contributed by atoms with Crippen LogP contribution in [0.1, 0.15) is 24.6 Å². The van der Waals surface area contributed by atoms with E-state index in [4.69, 9.17) is 0 Å². The van der Waals surface area contributed by atoms with Crippen LogP contribution in [0.3, 0.4) is 0 Å². The minimum Gasteiger partial charge on any atom is -0.373 e. The Morgan fingerprint density at radius 3 is 2.53 bits per heavy atom. The maximum atomic E-state index is 13.3. The van der Waals surface area contributed by atoms with Crippen molar-refractivity contribution in [3.8, 4) is 11.3 Å². The number of anilines is 1. The van der Waals surface area contributed by atoms with Gasteiger partial charge in [0, 0.05) is 24.6 Å². The monoisotopic (exact) mass is 261 g/mol. The number of nitrogens with zero attached hydrogens (tertiary/aromatic N) is 2. The molecule has 19 heavy (non-hydrogen) atoms. The van der Waals surface area contributed by atoms with E-state index in [9.17, 15) is 8.78 Å². The van der Waals surface area contributed by atoms with E-state index in [1.165, 1.54) is 6.07 Å². The standard InChI is InChI=1S/C14H13F2N3/c1-17-13-7-12(18-14(19-13)8-2-3-8)9-4-5-10(15)11(16)6-9/h4-8H,2-3H2,1H3,(H,17,18,19). The second kappa shape index (κ2) is 4.57. The van der Waals surface area contributed by atoms with Gasteiger partial charge in [-0.05, 0) is 31.0 Å². The van der Waals surface area contributed by atoms with Crippen molar-refractivity contribution in [2.75, 3.05) is 12.4 Å². The van der Waals surface area contributed by atoms with E-state index in [2.05, 4.69) is 15.3 Å². The lowest BCUT2D eigenvalue weighted by atomic mass is 10.1. The van der Waals surface area contributed by atoms with Crippen LogP contribution in [0, 0.1) is 11.6 Å². The molecule has 1 heterocycles. The second-order valence-corrected chi connectivity index (χ2v) is 4.65. The topological polar surface area (TPSA) is 37.8 Å². The molecular weight excluding hydrogens is 248 g/mol. The molecule has 0 spiro atoms. The second-order valence-electron chi connectivity index (χ2n) is 4.65. The van der Waals surface area contributed by atoms with E-state index in [1.807, 2.05) is 0 Å². The zero-order chi connectivity index (χ0) is 13.4. The summed E-state index contributed by atoms with van der Waals surface area (Å²) in [6.07, 6.45) is 2.18. The molecule has 1 aliphatic carbocycles. The molecule has 2 aromatic rings. The van der Waals surface area contributed by atoms with Crippen molar-refractivity contribution in [3.63, 3.8) is 0 Å². The normalized spacial score (nSPS) is 14.5. The fraction of sp³-hybridized carbons (Fsp3) is 0.286. The first kappa shape index (κ1) is 12.0. The fourth-order valence-corrected chi connectivity index (χ4v) is 1.92. The van der Waals surface area contributed by atoms with Crippen molar-refractivity contribution < 1.29 is 8.78 Å². The number of nitrogens with one attached hydrogen (secondary N) is 1. The van der Waals surface area contributed by atoms with Crippen molar-refractivity contribution in [1.82, 2.24) is 9.97 Å². The van der Waals surface area contributed by atoms with Crippen LogP contribution < -0.4 is 5.32 Å². The van der Waals surface area contributed by atoms with Crippen LogP contribution in [0.25, 0.3) is 11.3 Å². The highest BCUT2D eigenvalue weighted by Gasteiger charge is 2.27. The predicted octanol–water partition coefficient (Wildman–Crippen LogP) is 3.34. The first-order chi connectivity index (χ1) is 9.17. The fourth-order valence-electron chi connectivity index (χ4n) is 1.92. The summed E-state index contributed by atoms with van der Waals surface area (Å²) in [7, 11) is 1.77. The van der Waals surface area contributed by atoms with Crippen LogP contribution in [0.2, 0.25) is 0 Å². The Morgan fingerprint density at radius 1 is 1.11 bits per heavy atom. The quantitative estimate of drug-likeness (QED) is 0.920. The molecule has 0 aliphatic heterocycles. The number of hydrogen-bond donors (Lipinski definition) is 1. The Bertz CT molecular complexity index is 624. The zero-order valence-corrected chi connectivity index (χ0v) is 10.5. The summed E-state index contributed by atoms with van der Waals surface area (Å²) in [4.78, 5) is 8.83. The average Bonchev–Trinajstić information content (AvgIpc) is 3.26. The van der Waals surface area contributed by atoms with Gasteiger partial charge in [-0.1, -0.05) is 0 Å². The number of benzene rings is 1. The first-order valence-electron chi connectivity index (χ1n) is 6.19. The summed E-state index contributed by atoms with van der Waals surface area (Å²) in [5.41, 5.74) is 1.17. The molecule has 3 nitrogen and oxygen atoms in total. The van der Waals surface area contributed by atoms with Crippen LogP contribution in [0.4, 0.5) is 14.6 Å². The van der Waals surface area contributed by atoms with Gasteiger partial charge < -0.3 is 5.32 Å². The first-order valence-corrected chi connectivity index (χ1v) is 6.19. The summed E-state index contributed by atoms with van der Waals surface area (Å²) >= 11 is 0. The van der Waals surface area contributed by atoms with Crippen LogP contribution in [-0.2, 0) is 0 Å². The Labute approximate surface area is 109 Å². The number of halogens is 2.